The third kappa shape index (κ3) is 4.42. The van der Waals surface area contributed by atoms with Crippen molar-refractivity contribution in [1.82, 2.24) is 20.1 Å². The molecule has 1 atom stereocenters. The molecule has 0 fully saturated rings. The fourth-order valence-corrected chi connectivity index (χ4v) is 5.19. The van der Waals surface area contributed by atoms with Crippen molar-refractivity contribution in [3.05, 3.63) is 71.5 Å². The van der Waals surface area contributed by atoms with Gasteiger partial charge in [-0.1, -0.05) is 60.3 Å². The van der Waals surface area contributed by atoms with Gasteiger partial charge in [0.2, 0.25) is 5.91 Å². The molecular weight excluding hydrogens is 388 g/mol. The van der Waals surface area contributed by atoms with Crippen LogP contribution in [0.3, 0.4) is 0 Å². The van der Waals surface area contributed by atoms with E-state index in [0.717, 1.165) is 23.2 Å². The Kier molecular flexibility index (Phi) is 6.02. The average Bonchev–Trinajstić information content (AvgIpc) is 3.07. The maximum absolute atomic E-state index is 12.6. The Morgan fingerprint density at radius 2 is 1.96 bits per heavy atom. The first-order chi connectivity index (χ1) is 13.7. The number of hydrogen-bond donors (Lipinski definition) is 1. The van der Waals surface area contributed by atoms with E-state index in [1.807, 2.05) is 49.0 Å². The maximum atomic E-state index is 12.6. The van der Waals surface area contributed by atoms with Crippen LogP contribution in [-0.4, -0.2) is 32.2 Å². The van der Waals surface area contributed by atoms with Crippen LogP contribution in [0.25, 0.3) is 0 Å². The normalized spacial score (nSPS) is 15.8. The lowest BCUT2D eigenvalue weighted by atomic mass is 10.0. The van der Waals surface area contributed by atoms with E-state index >= 15 is 0 Å². The van der Waals surface area contributed by atoms with Crippen molar-refractivity contribution >= 4 is 29.4 Å². The molecule has 1 aliphatic rings. The molecule has 1 aromatic heterocycles. The fraction of sp³-hybridized carbons (Fsp3) is 0.286. The summed E-state index contributed by atoms with van der Waals surface area (Å²) < 4.78 is 2.06. The molecule has 4 rings (SSSR count). The van der Waals surface area contributed by atoms with Crippen molar-refractivity contribution in [2.24, 2.45) is 0 Å². The predicted molar refractivity (Wildman–Crippen MR) is 114 cm³/mol. The van der Waals surface area contributed by atoms with Crippen LogP contribution in [0.1, 0.15) is 29.4 Å². The van der Waals surface area contributed by atoms with Gasteiger partial charge in [0.1, 0.15) is 5.82 Å². The first kappa shape index (κ1) is 19.1. The standard InChI is InChI=1S/C21H22N4OS2/c1-15-23-24-21(25(15)13-16-7-3-2-4-8-16)28-14-20(26)22-18-11-12-27-19-10-6-5-9-17(18)19/h2-10,18H,11-14H2,1H3,(H,22,26). The van der Waals surface area contributed by atoms with Crippen LogP contribution in [0.4, 0.5) is 0 Å². The van der Waals surface area contributed by atoms with Crippen LogP contribution in [0.5, 0.6) is 0 Å². The Balaban J connectivity index is 1.38. The number of carbonyl (C=O) groups is 1. The fourth-order valence-electron chi connectivity index (χ4n) is 3.27. The van der Waals surface area contributed by atoms with E-state index in [1.54, 1.807) is 0 Å². The molecule has 0 aliphatic carbocycles. The van der Waals surface area contributed by atoms with Crippen LogP contribution in [0, 0.1) is 6.92 Å². The molecule has 1 unspecified atom stereocenters. The maximum Gasteiger partial charge on any atom is 0.230 e. The Hall–Kier alpha value is -2.25. The van der Waals surface area contributed by atoms with Gasteiger partial charge >= 0.3 is 0 Å². The lowest BCUT2D eigenvalue weighted by molar-refractivity contribution is -0.119. The first-order valence-electron chi connectivity index (χ1n) is 9.28. The van der Waals surface area contributed by atoms with E-state index in [9.17, 15) is 4.79 Å². The molecule has 0 radical (unpaired) electrons. The van der Waals surface area contributed by atoms with E-state index in [1.165, 1.54) is 27.8 Å². The molecule has 1 amide bonds. The van der Waals surface area contributed by atoms with Crippen LogP contribution in [-0.2, 0) is 11.3 Å². The van der Waals surface area contributed by atoms with E-state index < -0.39 is 0 Å². The summed E-state index contributed by atoms with van der Waals surface area (Å²) in [5.41, 5.74) is 2.41. The molecule has 0 spiro atoms. The van der Waals surface area contributed by atoms with Gasteiger partial charge in [-0.15, -0.1) is 22.0 Å². The molecule has 1 N–H and O–H groups in total. The summed E-state index contributed by atoms with van der Waals surface area (Å²) in [5.74, 6) is 2.24. The Labute approximate surface area is 173 Å². The highest BCUT2D eigenvalue weighted by Gasteiger charge is 2.22. The number of carbonyl (C=O) groups excluding carboxylic acids is 1. The SMILES string of the molecule is Cc1nnc(SCC(=O)NC2CCSc3ccccc32)n1Cc1ccccc1. The highest BCUT2D eigenvalue weighted by molar-refractivity contribution is 7.99. The second kappa shape index (κ2) is 8.84. The molecule has 0 bridgehead atoms. The number of amides is 1. The molecule has 5 nitrogen and oxygen atoms in total. The summed E-state index contributed by atoms with van der Waals surface area (Å²) in [5, 5.41) is 12.4. The van der Waals surface area contributed by atoms with Gasteiger partial charge in [0.15, 0.2) is 5.16 Å². The summed E-state index contributed by atoms with van der Waals surface area (Å²) in [7, 11) is 0. The number of nitrogens with one attached hydrogen (secondary N) is 1. The lowest BCUT2D eigenvalue weighted by Gasteiger charge is -2.25. The molecule has 1 aliphatic heterocycles. The molecular formula is C21H22N4OS2. The zero-order chi connectivity index (χ0) is 19.3. The average molecular weight is 411 g/mol. The van der Waals surface area contributed by atoms with Crippen molar-refractivity contribution in [2.45, 2.75) is 36.0 Å². The lowest BCUT2D eigenvalue weighted by Crippen LogP contribution is -2.32. The summed E-state index contributed by atoms with van der Waals surface area (Å²) in [6.07, 6.45) is 0.960. The largest absolute Gasteiger partial charge is 0.348 e. The number of aryl methyl sites for hydroxylation is 1. The van der Waals surface area contributed by atoms with Crippen molar-refractivity contribution in [3.63, 3.8) is 0 Å². The van der Waals surface area contributed by atoms with Crippen molar-refractivity contribution < 1.29 is 4.79 Å². The number of aromatic nitrogens is 3. The molecule has 28 heavy (non-hydrogen) atoms. The molecule has 3 aromatic rings. The van der Waals surface area contributed by atoms with Crippen LogP contribution < -0.4 is 5.32 Å². The number of nitrogens with zero attached hydrogens (tertiary/aromatic N) is 3. The van der Waals surface area contributed by atoms with Crippen LogP contribution >= 0.6 is 23.5 Å². The van der Waals surface area contributed by atoms with Gasteiger partial charge in [0.05, 0.1) is 18.3 Å². The van der Waals surface area contributed by atoms with Gasteiger partial charge in [-0.2, -0.15) is 0 Å². The predicted octanol–water partition coefficient (Wildman–Crippen LogP) is 4.08. The Morgan fingerprint density at radius 1 is 1.18 bits per heavy atom. The quantitative estimate of drug-likeness (QED) is 0.621. The first-order valence-corrected chi connectivity index (χ1v) is 11.3. The number of benzene rings is 2. The topological polar surface area (TPSA) is 59.8 Å². The van der Waals surface area contributed by atoms with Gasteiger partial charge in [0.25, 0.3) is 0 Å². The zero-order valence-electron chi connectivity index (χ0n) is 15.7. The van der Waals surface area contributed by atoms with Gasteiger partial charge in [-0.3, -0.25) is 4.79 Å². The van der Waals surface area contributed by atoms with Crippen molar-refractivity contribution in [1.29, 1.82) is 0 Å². The summed E-state index contributed by atoms with van der Waals surface area (Å²) >= 11 is 3.29. The van der Waals surface area contributed by atoms with Crippen molar-refractivity contribution in [3.8, 4) is 0 Å². The monoisotopic (exact) mass is 410 g/mol. The third-order valence-corrected chi connectivity index (χ3v) is 6.80. The minimum Gasteiger partial charge on any atom is -0.348 e. The van der Waals surface area contributed by atoms with Gasteiger partial charge in [0, 0.05) is 10.6 Å². The summed E-state index contributed by atoms with van der Waals surface area (Å²) in [4.78, 5) is 13.8. The number of fused-ring (bicyclic) bond motifs is 1. The van der Waals surface area contributed by atoms with Crippen molar-refractivity contribution in [2.75, 3.05) is 11.5 Å². The van der Waals surface area contributed by atoms with E-state index in [-0.39, 0.29) is 11.9 Å². The second-order valence-corrected chi connectivity index (χ2v) is 8.76. The molecule has 0 saturated carbocycles. The van der Waals surface area contributed by atoms with E-state index in [0.29, 0.717) is 12.3 Å². The summed E-state index contributed by atoms with van der Waals surface area (Å²) in [6, 6.07) is 18.6. The Bertz CT molecular complexity index is 958. The summed E-state index contributed by atoms with van der Waals surface area (Å²) in [6.45, 7) is 2.65. The minimum atomic E-state index is 0.0311. The zero-order valence-corrected chi connectivity index (χ0v) is 17.3. The smallest absolute Gasteiger partial charge is 0.230 e. The third-order valence-electron chi connectivity index (χ3n) is 4.71. The highest BCUT2D eigenvalue weighted by Crippen LogP contribution is 2.35. The van der Waals surface area contributed by atoms with Gasteiger partial charge in [-0.25, -0.2) is 0 Å². The highest BCUT2D eigenvalue weighted by atomic mass is 32.2. The molecule has 7 heteroatoms. The number of rotatable bonds is 6. The molecule has 0 saturated heterocycles. The molecule has 2 aromatic carbocycles. The van der Waals surface area contributed by atoms with Crippen LogP contribution in [0.15, 0.2) is 64.6 Å². The van der Waals surface area contributed by atoms with E-state index in [4.69, 9.17) is 0 Å². The minimum absolute atomic E-state index is 0.0311. The van der Waals surface area contributed by atoms with Gasteiger partial charge < -0.3 is 9.88 Å². The number of hydrogen-bond acceptors (Lipinski definition) is 5. The molecule has 2 heterocycles. The molecule has 144 valence electrons. The van der Waals surface area contributed by atoms with E-state index in [2.05, 4.69) is 44.3 Å². The Morgan fingerprint density at radius 3 is 2.82 bits per heavy atom. The second-order valence-electron chi connectivity index (χ2n) is 6.69. The van der Waals surface area contributed by atoms with Crippen LogP contribution in [0.2, 0.25) is 0 Å². The number of thioether (sulfide) groups is 2. The van der Waals surface area contributed by atoms with Gasteiger partial charge in [-0.05, 0) is 30.5 Å².